The van der Waals surface area contributed by atoms with E-state index in [1.54, 1.807) is 0 Å². The van der Waals surface area contributed by atoms with Gasteiger partial charge in [-0.3, -0.25) is 4.79 Å². The molecule has 110 valence electrons. The van der Waals surface area contributed by atoms with E-state index in [9.17, 15) is 4.79 Å². The van der Waals surface area contributed by atoms with Crippen LogP contribution in [0.3, 0.4) is 0 Å². The quantitative estimate of drug-likeness (QED) is 0.833. The van der Waals surface area contributed by atoms with Gasteiger partial charge in [-0.05, 0) is 57.4 Å². The minimum Gasteiger partial charge on any atom is -0.342 e. The maximum absolute atomic E-state index is 12.8. The second-order valence-corrected chi connectivity index (χ2v) is 7.65. The Bertz CT molecular complexity index is 322. The van der Waals surface area contributed by atoms with Crippen LogP contribution in [0.4, 0.5) is 0 Å². The summed E-state index contributed by atoms with van der Waals surface area (Å²) in [4.78, 5) is 14.8. The van der Waals surface area contributed by atoms with Crippen LogP contribution in [0.2, 0.25) is 0 Å². The highest BCUT2D eigenvalue weighted by molar-refractivity contribution is 5.82. The molecule has 0 spiro atoms. The third-order valence-electron chi connectivity index (χ3n) is 5.29. The van der Waals surface area contributed by atoms with E-state index in [2.05, 4.69) is 31.0 Å². The summed E-state index contributed by atoms with van der Waals surface area (Å²) in [7, 11) is 2.02. The first-order chi connectivity index (χ1) is 8.84. The number of rotatable bonds is 2. The molecule has 0 aromatic carbocycles. The number of nitrogens with zero attached hydrogens (tertiary/aromatic N) is 1. The van der Waals surface area contributed by atoms with Crippen molar-refractivity contribution in [3.8, 4) is 0 Å². The first-order valence-electron chi connectivity index (χ1n) is 7.82. The number of piperidine rings is 1. The monoisotopic (exact) mass is 266 g/mol. The van der Waals surface area contributed by atoms with Crippen LogP contribution < -0.4 is 5.32 Å². The van der Waals surface area contributed by atoms with Crippen molar-refractivity contribution in [2.45, 2.75) is 65.3 Å². The van der Waals surface area contributed by atoms with Crippen molar-refractivity contribution >= 4 is 5.91 Å². The smallest absolute Gasteiger partial charge is 0.229 e. The standard InChI is InChI=1S/C16H30N2O/c1-15(2)9-6-13(7-10-15)18(4)14(19)16(3)8-5-11-17-12-16/h13,17H,5-12H2,1-4H3. The van der Waals surface area contributed by atoms with E-state index in [-0.39, 0.29) is 5.41 Å². The van der Waals surface area contributed by atoms with E-state index >= 15 is 0 Å². The third-order valence-corrected chi connectivity index (χ3v) is 5.29. The predicted molar refractivity (Wildman–Crippen MR) is 79.0 cm³/mol. The van der Waals surface area contributed by atoms with Gasteiger partial charge in [-0.1, -0.05) is 13.8 Å². The van der Waals surface area contributed by atoms with Gasteiger partial charge in [-0.15, -0.1) is 0 Å². The van der Waals surface area contributed by atoms with Crippen molar-refractivity contribution in [3.05, 3.63) is 0 Å². The fourth-order valence-corrected chi connectivity index (χ4v) is 3.60. The number of nitrogens with one attached hydrogen (secondary N) is 1. The van der Waals surface area contributed by atoms with E-state index in [1.165, 1.54) is 25.7 Å². The van der Waals surface area contributed by atoms with E-state index in [4.69, 9.17) is 0 Å². The molecule has 2 fully saturated rings. The Morgan fingerprint density at radius 2 is 1.79 bits per heavy atom. The van der Waals surface area contributed by atoms with Crippen LogP contribution >= 0.6 is 0 Å². The Labute approximate surface area is 118 Å². The van der Waals surface area contributed by atoms with Gasteiger partial charge in [-0.25, -0.2) is 0 Å². The Kier molecular flexibility index (Phi) is 4.24. The minimum atomic E-state index is -0.181. The van der Waals surface area contributed by atoms with Gasteiger partial charge in [0.2, 0.25) is 5.91 Å². The highest BCUT2D eigenvalue weighted by Crippen LogP contribution is 2.38. The molecule has 1 amide bonds. The van der Waals surface area contributed by atoms with Crippen molar-refractivity contribution < 1.29 is 4.79 Å². The minimum absolute atomic E-state index is 0.181. The summed E-state index contributed by atoms with van der Waals surface area (Å²) in [6.07, 6.45) is 6.96. The molecule has 3 nitrogen and oxygen atoms in total. The largest absolute Gasteiger partial charge is 0.342 e. The summed E-state index contributed by atoms with van der Waals surface area (Å²) in [6.45, 7) is 8.72. The van der Waals surface area contributed by atoms with Gasteiger partial charge in [0.15, 0.2) is 0 Å². The van der Waals surface area contributed by atoms with E-state index in [0.29, 0.717) is 17.4 Å². The number of amides is 1. The molecule has 19 heavy (non-hydrogen) atoms. The molecule has 1 aliphatic carbocycles. The van der Waals surface area contributed by atoms with Crippen LogP contribution in [-0.2, 0) is 4.79 Å². The van der Waals surface area contributed by atoms with Gasteiger partial charge >= 0.3 is 0 Å². The summed E-state index contributed by atoms with van der Waals surface area (Å²) in [5.74, 6) is 0.351. The average molecular weight is 266 g/mol. The van der Waals surface area contributed by atoms with Crippen LogP contribution in [0, 0.1) is 10.8 Å². The zero-order chi connectivity index (χ0) is 14.1. The summed E-state index contributed by atoms with van der Waals surface area (Å²) >= 11 is 0. The highest BCUT2D eigenvalue weighted by Gasteiger charge is 2.39. The maximum atomic E-state index is 12.8. The Balaban J connectivity index is 1.95. The number of hydrogen-bond donors (Lipinski definition) is 1. The molecule has 1 aliphatic heterocycles. The molecule has 3 heteroatoms. The molecule has 1 atom stereocenters. The fraction of sp³-hybridized carbons (Fsp3) is 0.938. The second kappa shape index (κ2) is 5.43. The number of hydrogen-bond acceptors (Lipinski definition) is 2. The summed E-state index contributed by atoms with van der Waals surface area (Å²) in [5.41, 5.74) is 0.288. The van der Waals surface area contributed by atoms with Crippen molar-refractivity contribution in [1.82, 2.24) is 10.2 Å². The first kappa shape index (κ1) is 14.8. The van der Waals surface area contributed by atoms with Gasteiger partial charge < -0.3 is 10.2 Å². The van der Waals surface area contributed by atoms with Gasteiger partial charge in [-0.2, -0.15) is 0 Å². The van der Waals surface area contributed by atoms with Crippen LogP contribution in [0.5, 0.6) is 0 Å². The zero-order valence-electron chi connectivity index (χ0n) is 13.1. The molecular weight excluding hydrogens is 236 g/mol. The number of carbonyl (C=O) groups excluding carboxylic acids is 1. The fourth-order valence-electron chi connectivity index (χ4n) is 3.60. The SMILES string of the molecule is CN(C(=O)C1(C)CCCNC1)C1CCC(C)(C)CC1. The Morgan fingerprint density at radius 1 is 1.16 bits per heavy atom. The van der Waals surface area contributed by atoms with Crippen LogP contribution in [0.25, 0.3) is 0 Å². The molecule has 1 saturated carbocycles. The normalized spacial score (nSPS) is 32.0. The Hall–Kier alpha value is -0.570. The average Bonchev–Trinajstić information content (AvgIpc) is 2.38. The molecule has 0 aromatic heterocycles. The lowest BCUT2D eigenvalue weighted by molar-refractivity contribution is -0.144. The van der Waals surface area contributed by atoms with Crippen molar-refractivity contribution in [1.29, 1.82) is 0 Å². The molecular formula is C16H30N2O. The van der Waals surface area contributed by atoms with Gasteiger partial charge in [0.1, 0.15) is 0 Å². The van der Waals surface area contributed by atoms with Gasteiger partial charge in [0, 0.05) is 19.6 Å². The lowest BCUT2D eigenvalue weighted by Gasteiger charge is -2.43. The molecule has 0 aromatic rings. The summed E-state index contributed by atoms with van der Waals surface area (Å²) in [5, 5.41) is 3.38. The predicted octanol–water partition coefficient (Wildman–Crippen LogP) is 2.80. The van der Waals surface area contributed by atoms with E-state index < -0.39 is 0 Å². The van der Waals surface area contributed by atoms with Crippen LogP contribution in [-0.4, -0.2) is 37.0 Å². The molecule has 0 bridgehead atoms. The topological polar surface area (TPSA) is 32.3 Å². The lowest BCUT2D eigenvalue weighted by atomic mass is 9.74. The third kappa shape index (κ3) is 3.31. The first-order valence-corrected chi connectivity index (χ1v) is 7.82. The van der Waals surface area contributed by atoms with Crippen LogP contribution in [0.1, 0.15) is 59.3 Å². The van der Waals surface area contributed by atoms with Crippen molar-refractivity contribution in [3.63, 3.8) is 0 Å². The lowest BCUT2D eigenvalue weighted by Crippen LogP contribution is -2.52. The molecule has 2 aliphatic rings. The summed E-state index contributed by atoms with van der Waals surface area (Å²) in [6, 6.07) is 0.458. The van der Waals surface area contributed by atoms with E-state index in [1.807, 2.05) is 7.05 Å². The molecule has 1 saturated heterocycles. The van der Waals surface area contributed by atoms with Gasteiger partial charge in [0.05, 0.1) is 5.41 Å². The van der Waals surface area contributed by atoms with Crippen molar-refractivity contribution in [2.75, 3.05) is 20.1 Å². The molecule has 2 rings (SSSR count). The molecule has 1 unspecified atom stereocenters. The maximum Gasteiger partial charge on any atom is 0.229 e. The van der Waals surface area contributed by atoms with Crippen molar-refractivity contribution in [2.24, 2.45) is 10.8 Å². The number of carbonyl (C=O) groups is 1. The van der Waals surface area contributed by atoms with Crippen LogP contribution in [0.15, 0.2) is 0 Å². The van der Waals surface area contributed by atoms with Gasteiger partial charge in [0.25, 0.3) is 0 Å². The molecule has 1 heterocycles. The molecule has 1 N–H and O–H groups in total. The summed E-state index contributed by atoms with van der Waals surface area (Å²) < 4.78 is 0. The van der Waals surface area contributed by atoms with E-state index in [0.717, 1.165) is 25.9 Å². The Morgan fingerprint density at radius 3 is 2.32 bits per heavy atom. The highest BCUT2D eigenvalue weighted by atomic mass is 16.2. The molecule has 0 radical (unpaired) electrons. The second-order valence-electron chi connectivity index (χ2n) is 7.65. The zero-order valence-corrected chi connectivity index (χ0v) is 13.1.